The number of nitrogens with zero attached hydrogens (tertiary/aromatic N) is 2. The molecule has 0 radical (unpaired) electrons. The van der Waals surface area contributed by atoms with Crippen LogP contribution in [-0.2, 0) is 0 Å². The van der Waals surface area contributed by atoms with E-state index in [1.54, 1.807) is 0 Å². The van der Waals surface area contributed by atoms with Crippen LogP contribution in [0.2, 0.25) is 0 Å². The van der Waals surface area contributed by atoms with Gasteiger partial charge in [-0.3, -0.25) is 0 Å². The first-order valence-corrected chi connectivity index (χ1v) is 6.91. The zero-order chi connectivity index (χ0) is 10.8. The molecule has 2 nitrogen and oxygen atoms in total. The Bertz CT molecular complexity index is 335. The summed E-state index contributed by atoms with van der Waals surface area (Å²) in [4.78, 5) is 6.81. The predicted molar refractivity (Wildman–Crippen MR) is 70.7 cm³/mol. The van der Waals surface area contributed by atoms with E-state index in [0.29, 0.717) is 10.5 Å². The summed E-state index contributed by atoms with van der Waals surface area (Å²) in [7, 11) is 0. The van der Waals surface area contributed by atoms with Crippen molar-refractivity contribution in [2.75, 3.05) is 18.0 Å². The van der Waals surface area contributed by atoms with E-state index in [2.05, 4.69) is 57.5 Å². The molecule has 0 aromatic carbocycles. The summed E-state index contributed by atoms with van der Waals surface area (Å²) in [6, 6.07) is 4.01. The van der Waals surface area contributed by atoms with Crippen LogP contribution in [0.5, 0.6) is 0 Å². The molecule has 0 saturated carbocycles. The lowest BCUT2D eigenvalue weighted by molar-refractivity contribution is 0.717. The summed E-state index contributed by atoms with van der Waals surface area (Å²) in [5.41, 5.74) is 0. The van der Waals surface area contributed by atoms with Gasteiger partial charge in [0.15, 0.2) is 0 Å². The number of pyridine rings is 1. The van der Waals surface area contributed by atoms with Crippen molar-refractivity contribution in [3.8, 4) is 0 Å². The maximum Gasteiger partial charge on any atom is 0.142 e. The number of rotatable bonds is 1. The second kappa shape index (κ2) is 4.74. The molecule has 2 unspecified atom stereocenters. The van der Waals surface area contributed by atoms with Crippen LogP contribution in [0.4, 0.5) is 5.82 Å². The molecule has 1 fully saturated rings. The second-order valence-corrected chi connectivity index (χ2v) is 6.71. The smallest absolute Gasteiger partial charge is 0.142 e. The van der Waals surface area contributed by atoms with Crippen LogP contribution in [0.1, 0.15) is 13.8 Å². The number of thioether (sulfide) groups is 1. The molecule has 2 heterocycles. The summed E-state index contributed by atoms with van der Waals surface area (Å²) in [6.07, 6.45) is 1.86. The standard InChI is InChI=1S/C11H15BrN2S/c1-8-6-14(7-9(2)15-8)11-10(12)4-3-5-13-11/h3-5,8-9H,6-7H2,1-2H3. The van der Waals surface area contributed by atoms with Crippen LogP contribution in [-0.4, -0.2) is 28.6 Å². The minimum absolute atomic E-state index is 0.683. The molecule has 1 aromatic rings. The van der Waals surface area contributed by atoms with E-state index in [1.807, 2.05) is 12.3 Å². The first-order valence-electron chi connectivity index (χ1n) is 5.17. The summed E-state index contributed by atoms with van der Waals surface area (Å²) in [5.74, 6) is 1.08. The van der Waals surface area contributed by atoms with Crippen LogP contribution in [0, 0.1) is 0 Å². The van der Waals surface area contributed by atoms with Crippen molar-refractivity contribution in [1.29, 1.82) is 0 Å². The SMILES string of the molecule is CC1CN(c2ncccc2Br)CC(C)S1. The van der Waals surface area contributed by atoms with Gasteiger partial charge < -0.3 is 4.90 Å². The van der Waals surface area contributed by atoms with E-state index in [9.17, 15) is 0 Å². The number of hydrogen-bond donors (Lipinski definition) is 0. The quantitative estimate of drug-likeness (QED) is 0.789. The average molecular weight is 287 g/mol. The fraction of sp³-hybridized carbons (Fsp3) is 0.545. The van der Waals surface area contributed by atoms with E-state index >= 15 is 0 Å². The van der Waals surface area contributed by atoms with E-state index < -0.39 is 0 Å². The molecule has 4 heteroatoms. The van der Waals surface area contributed by atoms with Crippen molar-refractivity contribution in [3.63, 3.8) is 0 Å². The van der Waals surface area contributed by atoms with Gasteiger partial charge in [-0.15, -0.1) is 0 Å². The second-order valence-electron chi connectivity index (χ2n) is 3.97. The monoisotopic (exact) mass is 286 g/mol. The lowest BCUT2D eigenvalue weighted by Gasteiger charge is -2.35. The third-order valence-electron chi connectivity index (χ3n) is 2.46. The molecule has 0 N–H and O–H groups in total. The van der Waals surface area contributed by atoms with Crippen LogP contribution in [0.25, 0.3) is 0 Å². The van der Waals surface area contributed by atoms with Gasteiger partial charge in [0.1, 0.15) is 5.82 Å². The minimum Gasteiger partial charge on any atom is -0.353 e. The zero-order valence-electron chi connectivity index (χ0n) is 8.98. The molecule has 82 valence electrons. The Morgan fingerprint density at radius 2 is 2.07 bits per heavy atom. The van der Waals surface area contributed by atoms with Crippen molar-refractivity contribution < 1.29 is 0 Å². The topological polar surface area (TPSA) is 16.1 Å². The van der Waals surface area contributed by atoms with Crippen LogP contribution in [0.15, 0.2) is 22.8 Å². The third-order valence-corrected chi connectivity index (χ3v) is 4.30. The van der Waals surface area contributed by atoms with Gasteiger partial charge in [0.05, 0.1) is 4.47 Å². The molecule has 1 aliphatic rings. The number of anilines is 1. The largest absolute Gasteiger partial charge is 0.353 e. The summed E-state index contributed by atoms with van der Waals surface area (Å²) < 4.78 is 1.09. The van der Waals surface area contributed by atoms with Crippen molar-refractivity contribution in [2.45, 2.75) is 24.3 Å². The molecule has 2 rings (SSSR count). The van der Waals surface area contributed by atoms with E-state index in [1.165, 1.54) is 0 Å². The average Bonchev–Trinajstić information content (AvgIpc) is 2.16. The highest BCUT2D eigenvalue weighted by Gasteiger charge is 2.24. The lowest BCUT2D eigenvalue weighted by atomic mass is 10.3. The molecule has 15 heavy (non-hydrogen) atoms. The first kappa shape index (κ1) is 11.3. The zero-order valence-corrected chi connectivity index (χ0v) is 11.4. The molecule has 0 amide bonds. The van der Waals surface area contributed by atoms with Gasteiger partial charge in [-0.2, -0.15) is 11.8 Å². The van der Waals surface area contributed by atoms with Gasteiger partial charge in [0, 0.05) is 29.8 Å². The maximum atomic E-state index is 4.44. The van der Waals surface area contributed by atoms with Crippen molar-refractivity contribution in [3.05, 3.63) is 22.8 Å². The highest BCUT2D eigenvalue weighted by Crippen LogP contribution is 2.30. The maximum absolute atomic E-state index is 4.44. The van der Waals surface area contributed by atoms with Crippen LogP contribution >= 0.6 is 27.7 Å². The lowest BCUT2D eigenvalue weighted by Crippen LogP contribution is -2.41. The van der Waals surface area contributed by atoms with E-state index in [4.69, 9.17) is 0 Å². The molecule has 1 aromatic heterocycles. The summed E-state index contributed by atoms with van der Waals surface area (Å²) in [5, 5.41) is 1.37. The highest BCUT2D eigenvalue weighted by molar-refractivity contribution is 9.10. The fourth-order valence-corrected chi connectivity index (χ4v) is 3.79. The molecule has 1 aliphatic heterocycles. The van der Waals surface area contributed by atoms with Gasteiger partial charge in [0.2, 0.25) is 0 Å². The number of halogens is 1. The van der Waals surface area contributed by atoms with Gasteiger partial charge in [-0.05, 0) is 28.1 Å². The summed E-state index contributed by atoms with van der Waals surface area (Å²) >= 11 is 5.62. The Morgan fingerprint density at radius 3 is 2.67 bits per heavy atom. The minimum atomic E-state index is 0.683. The number of aromatic nitrogens is 1. The molecule has 0 bridgehead atoms. The fourth-order valence-electron chi connectivity index (χ4n) is 1.96. The first-order chi connectivity index (χ1) is 7.16. The van der Waals surface area contributed by atoms with Gasteiger partial charge in [0.25, 0.3) is 0 Å². The molecule has 0 aliphatic carbocycles. The molecular weight excluding hydrogens is 272 g/mol. The highest BCUT2D eigenvalue weighted by atomic mass is 79.9. The van der Waals surface area contributed by atoms with Gasteiger partial charge in [-0.25, -0.2) is 4.98 Å². The molecular formula is C11H15BrN2S. The van der Waals surface area contributed by atoms with Gasteiger partial charge >= 0.3 is 0 Å². The third kappa shape index (κ3) is 2.67. The summed E-state index contributed by atoms with van der Waals surface area (Å²) in [6.45, 7) is 6.74. The molecule has 1 saturated heterocycles. The van der Waals surface area contributed by atoms with E-state index in [0.717, 1.165) is 23.4 Å². The van der Waals surface area contributed by atoms with Crippen LogP contribution in [0.3, 0.4) is 0 Å². The predicted octanol–water partition coefficient (Wildman–Crippen LogP) is 3.17. The normalized spacial score (nSPS) is 26.7. The van der Waals surface area contributed by atoms with E-state index in [-0.39, 0.29) is 0 Å². The number of hydrogen-bond acceptors (Lipinski definition) is 3. The van der Waals surface area contributed by atoms with Crippen molar-refractivity contribution in [2.24, 2.45) is 0 Å². The Morgan fingerprint density at radius 1 is 1.40 bits per heavy atom. The Hall–Kier alpha value is -0.220. The Balaban J connectivity index is 2.20. The molecule has 0 spiro atoms. The Kier molecular flexibility index (Phi) is 3.57. The van der Waals surface area contributed by atoms with Crippen molar-refractivity contribution in [1.82, 2.24) is 4.98 Å². The van der Waals surface area contributed by atoms with Crippen LogP contribution < -0.4 is 4.90 Å². The Labute approximate surface area is 104 Å². The van der Waals surface area contributed by atoms with Gasteiger partial charge in [-0.1, -0.05) is 13.8 Å². The van der Waals surface area contributed by atoms with Crippen molar-refractivity contribution >= 4 is 33.5 Å². The molecule has 2 atom stereocenters.